The molecule has 0 bridgehead atoms. The zero-order valence-corrected chi connectivity index (χ0v) is 16.0. The maximum Gasteiger partial charge on any atom is 0.253 e. The number of hydrogen-bond donors (Lipinski definition) is 2. The van der Waals surface area contributed by atoms with E-state index in [1.165, 1.54) is 6.42 Å². The number of carbonyl (C=O) groups is 2. The molecule has 0 atom stereocenters. The van der Waals surface area contributed by atoms with Gasteiger partial charge in [-0.1, -0.05) is 24.3 Å². The molecule has 0 saturated carbocycles. The topological polar surface area (TPSA) is 61.4 Å². The number of amides is 2. The molecule has 2 amide bonds. The van der Waals surface area contributed by atoms with Gasteiger partial charge in [0, 0.05) is 30.0 Å². The molecule has 0 aliphatic carbocycles. The highest BCUT2D eigenvalue weighted by atomic mass is 16.2. The van der Waals surface area contributed by atoms with Crippen molar-refractivity contribution in [2.24, 2.45) is 0 Å². The van der Waals surface area contributed by atoms with Crippen LogP contribution in [0.5, 0.6) is 0 Å². The van der Waals surface area contributed by atoms with Crippen LogP contribution in [0.25, 0.3) is 0 Å². The van der Waals surface area contributed by atoms with Crippen molar-refractivity contribution in [3.05, 3.63) is 59.2 Å². The highest BCUT2D eigenvalue weighted by molar-refractivity contribution is 5.96. The molecule has 0 spiro atoms. The number of anilines is 2. The van der Waals surface area contributed by atoms with Crippen molar-refractivity contribution in [1.82, 2.24) is 4.90 Å². The van der Waals surface area contributed by atoms with Crippen molar-refractivity contribution in [3.63, 3.8) is 0 Å². The predicted molar refractivity (Wildman–Crippen MR) is 109 cm³/mol. The number of aryl methyl sites for hydroxylation is 2. The van der Waals surface area contributed by atoms with Gasteiger partial charge in [-0.25, -0.2) is 0 Å². The first-order valence-electron chi connectivity index (χ1n) is 9.54. The molecule has 27 heavy (non-hydrogen) atoms. The summed E-state index contributed by atoms with van der Waals surface area (Å²) in [7, 11) is 0. The number of likely N-dealkylation sites (tertiary alicyclic amines) is 1. The van der Waals surface area contributed by atoms with E-state index in [9.17, 15) is 9.59 Å². The minimum atomic E-state index is -0.111. The van der Waals surface area contributed by atoms with Crippen LogP contribution >= 0.6 is 0 Å². The first kappa shape index (κ1) is 19.0. The Kier molecular flexibility index (Phi) is 6.12. The van der Waals surface area contributed by atoms with Gasteiger partial charge in [0.15, 0.2) is 0 Å². The minimum Gasteiger partial charge on any atom is -0.376 e. The zero-order chi connectivity index (χ0) is 19.2. The summed E-state index contributed by atoms with van der Waals surface area (Å²) < 4.78 is 0. The summed E-state index contributed by atoms with van der Waals surface area (Å²) in [5.74, 6) is -0.0431. The van der Waals surface area contributed by atoms with Crippen molar-refractivity contribution in [2.45, 2.75) is 33.1 Å². The van der Waals surface area contributed by atoms with Gasteiger partial charge >= 0.3 is 0 Å². The van der Waals surface area contributed by atoms with Crippen molar-refractivity contribution in [2.75, 3.05) is 30.3 Å². The lowest BCUT2D eigenvalue weighted by Gasteiger charge is -2.26. The van der Waals surface area contributed by atoms with E-state index in [-0.39, 0.29) is 18.4 Å². The van der Waals surface area contributed by atoms with E-state index >= 15 is 0 Å². The fourth-order valence-corrected chi connectivity index (χ4v) is 3.42. The van der Waals surface area contributed by atoms with Gasteiger partial charge in [0.2, 0.25) is 5.91 Å². The maximum atomic E-state index is 12.6. The third-order valence-electron chi connectivity index (χ3n) is 4.95. The molecule has 3 rings (SSSR count). The molecule has 2 N–H and O–H groups in total. The Morgan fingerprint density at radius 2 is 1.63 bits per heavy atom. The van der Waals surface area contributed by atoms with Gasteiger partial charge in [0.05, 0.1) is 6.54 Å². The number of hydrogen-bond acceptors (Lipinski definition) is 3. The van der Waals surface area contributed by atoms with Crippen molar-refractivity contribution in [1.29, 1.82) is 0 Å². The van der Waals surface area contributed by atoms with E-state index < -0.39 is 0 Å². The second-order valence-electron chi connectivity index (χ2n) is 7.10. The highest BCUT2D eigenvalue weighted by Crippen LogP contribution is 2.20. The standard InChI is InChI=1S/C22H27N3O2/c1-16-8-6-9-17(2)21(16)24-20(26)15-23-19-11-7-10-18(14-19)22(27)25-12-4-3-5-13-25/h6-11,14,23H,3-5,12-13,15H2,1-2H3,(H,24,26). The monoisotopic (exact) mass is 365 g/mol. The number of benzene rings is 2. The molecule has 0 radical (unpaired) electrons. The van der Waals surface area contributed by atoms with E-state index in [1.54, 1.807) is 0 Å². The molecule has 2 aromatic carbocycles. The van der Waals surface area contributed by atoms with Gasteiger partial charge < -0.3 is 15.5 Å². The molecule has 1 saturated heterocycles. The predicted octanol–water partition coefficient (Wildman–Crippen LogP) is 3.98. The molecular weight excluding hydrogens is 338 g/mol. The van der Waals surface area contributed by atoms with E-state index in [1.807, 2.05) is 61.2 Å². The summed E-state index contributed by atoms with van der Waals surface area (Å²) in [5.41, 5.74) is 4.37. The van der Waals surface area contributed by atoms with E-state index in [0.29, 0.717) is 5.56 Å². The normalized spacial score (nSPS) is 13.9. The third-order valence-corrected chi connectivity index (χ3v) is 4.95. The van der Waals surface area contributed by atoms with Gasteiger partial charge in [-0.3, -0.25) is 9.59 Å². The van der Waals surface area contributed by atoms with Crippen LogP contribution in [0.2, 0.25) is 0 Å². The Hall–Kier alpha value is -2.82. The third kappa shape index (κ3) is 4.88. The number of carbonyl (C=O) groups excluding carboxylic acids is 2. The first-order chi connectivity index (χ1) is 13.0. The van der Waals surface area contributed by atoms with Crippen LogP contribution in [-0.2, 0) is 4.79 Å². The van der Waals surface area contributed by atoms with E-state index in [2.05, 4.69) is 10.6 Å². The molecule has 5 heteroatoms. The number of rotatable bonds is 5. The molecular formula is C22H27N3O2. The fourth-order valence-electron chi connectivity index (χ4n) is 3.42. The van der Waals surface area contributed by atoms with Crippen LogP contribution in [0.3, 0.4) is 0 Å². The van der Waals surface area contributed by atoms with Crippen LogP contribution in [0.4, 0.5) is 11.4 Å². The van der Waals surface area contributed by atoms with Crippen molar-refractivity contribution >= 4 is 23.2 Å². The zero-order valence-electron chi connectivity index (χ0n) is 16.0. The Morgan fingerprint density at radius 1 is 0.963 bits per heavy atom. The second kappa shape index (κ2) is 8.71. The lowest BCUT2D eigenvalue weighted by molar-refractivity contribution is -0.114. The average Bonchev–Trinajstić information content (AvgIpc) is 2.69. The molecule has 1 aliphatic rings. The molecule has 2 aromatic rings. The minimum absolute atomic E-state index is 0.0679. The van der Waals surface area contributed by atoms with Gasteiger partial charge in [-0.05, 0) is 62.4 Å². The van der Waals surface area contributed by atoms with Crippen LogP contribution < -0.4 is 10.6 Å². The van der Waals surface area contributed by atoms with Gasteiger partial charge in [0.25, 0.3) is 5.91 Å². The second-order valence-corrected chi connectivity index (χ2v) is 7.10. The summed E-state index contributed by atoms with van der Waals surface area (Å²) >= 11 is 0. The average molecular weight is 365 g/mol. The smallest absolute Gasteiger partial charge is 0.253 e. The van der Waals surface area contributed by atoms with Crippen LogP contribution in [0.1, 0.15) is 40.7 Å². The largest absolute Gasteiger partial charge is 0.376 e. The summed E-state index contributed by atoms with van der Waals surface area (Å²) in [5, 5.41) is 6.08. The Labute approximate surface area is 160 Å². The summed E-state index contributed by atoms with van der Waals surface area (Å²) in [6.45, 7) is 5.76. The van der Waals surface area contributed by atoms with E-state index in [0.717, 1.165) is 48.4 Å². The maximum absolute atomic E-state index is 12.6. The molecule has 1 fully saturated rings. The highest BCUT2D eigenvalue weighted by Gasteiger charge is 2.18. The van der Waals surface area contributed by atoms with Crippen LogP contribution in [-0.4, -0.2) is 36.3 Å². The fraction of sp³-hybridized carbons (Fsp3) is 0.364. The Bertz CT molecular complexity index is 806. The Morgan fingerprint density at radius 3 is 2.33 bits per heavy atom. The summed E-state index contributed by atoms with van der Waals surface area (Å²) in [6.07, 6.45) is 3.34. The number of para-hydroxylation sites is 1. The molecule has 0 unspecified atom stereocenters. The molecule has 1 heterocycles. The molecule has 142 valence electrons. The van der Waals surface area contributed by atoms with Crippen molar-refractivity contribution < 1.29 is 9.59 Å². The van der Waals surface area contributed by atoms with Crippen LogP contribution in [0, 0.1) is 13.8 Å². The van der Waals surface area contributed by atoms with E-state index in [4.69, 9.17) is 0 Å². The lowest BCUT2D eigenvalue weighted by Crippen LogP contribution is -2.35. The van der Waals surface area contributed by atoms with Crippen molar-refractivity contribution in [3.8, 4) is 0 Å². The summed E-state index contributed by atoms with van der Waals surface area (Å²) in [4.78, 5) is 26.8. The lowest BCUT2D eigenvalue weighted by atomic mass is 10.1. The number of nitrogens with zero attached hydrogens (tertiary/aromatic N) is 1. The summed E-state index contributed by atoms with van der Waals surface area (Å²) in [6, 6.07) is 13.3. The molecule has 5 nitrogen and oxygen atoms in total. The van der Waals surface area contributed by atoms with Crippen LogP contribution in [0.15, 0.2) is 42.5 Å². The quantitative estimate of drug-likeness (QED) is 0.842. The van der Waals surface area contributed by atoms with Gasteiger partial charge in [-0.2, -0.15) is 0 Å². The van der Waals surface area contributed by atoms with Gasteiger partial charge in [-0.15, -0.1) is 0 Å². The number of piperidine rings is 1. The first-order valence-corrected chi connectivity index (χ1v) is 9.54. The SMILES string of the molecule is Cc1cccc(C)c1NC(=O)CNc1cccc(C(=O)N2CCCCC2)c1. The molecule has 1 aliphatic heterocycles. The Balaban J connectivity index is 1.59. The van der Waals surface area contributed by atoms with Gasteiger partial charge in [0.1, 0.15) is 0 Å². The molecule has 0 aromatic heterocycles. The number of nitrogens with one attached hydrogen (secondary N) is 2.